The molecule has 1 fully saturated rings. The molecule has 0 saturated carbocycles. The normalized spacial score (nSPS) is 11.4. The highest BCUT2D eigenvalue weighted by Crippen LogP contribution is 2.08. The standard InChI is InChI=1S/C12H19N.C7H16N2.C7H9N.C7H16.C4H12N2.C3H9N.C3H8O.CH4/c1-2-3-4-5-6-8-12-9-7-10-13-11-12;8-4-7-9-5-2-1-3-6-9;1-2-7-5-3-4-6-8-7;1-4-5-6-7(2)3;5-3-1-2-4-6;2*1-2-3-4;/h7,9-11H,2-6,8H2,1H3;1-8H2;3-6H,2H2,1H3;7H,4-6H2,1-3H3;1-6H2;2-4H2,1H3;4H,2-3H2,1H3;1H4. The van der Waals surface area contributed by atoms with Crippen molar-refractivity contribution < 1.29 is 5.11 Å². The summed E-state index contributed by atoms with van der Waals surface area (Å²) in [5.74, 6) is 0.903. The number of piperidine rings is 1. The molecule has 2 aromatic heterocycles. The Morgan fingerprint density at radius 1 is 0.673 bits per heavy atom. The Balaban J connectivity index is -0.000000171. The van der Waals surface area contributed by atoms with Crippen molar-refractivity contribution >= 4 is 0 Å². The maximum absolute atomic E-state index is 7.88. The number of aliphatic hydroxyl groups excluding tert-OH is 1. The van der Waals surface area contributed by atoms with Gasteiger partial charge in [0.2, 0.25) is 0 Å². The lowest BCUT2D eigenvalue weighted by Gasteiger charge is -2.25. The van der Waals surface area contributed by atoms with Gasteiger partial charge in [-0.3, -0.25) is 9.97 Å². The SMILES string of the molecule is C.CCCCC(C)C.CCCCCCCc1cccnc1.CCCN.CCCO.CCc1ccccn1.NCCCCN.NCCN1CCCCC1. The topological polar surface area (TPSA) is 153 Å². The summed E-state index contributed by atoms with van der Waals surface area (Å²) in [5, 5.41) is 7.88. The van der Waals surface area contributed by atoms with Gasteiger partial charge in [-0.2, -0.15) is 0 Å². The van der Waals surface area contributed by atoms with Crippen LogP contribution in [0.25, 0.3) is 0 Å². The molecule has 0 aromatic carbocycles. The number of aryl methyl sites for hydroxylation is 2. The van der Waals surface area contributed by atoms with E-state index >= 15 is 0 Å². The van der Waals surface area contributed by atoms with E-state index in [1.54, 1.807) is 0 Å². The number of nitrogens with zero attached hydrogens (tertiary/aromatic N) is 3. The van der Waals surface area contributed by atoms with E-state index in [1.807, 2.05) is 49.8 Å². The van der Waals surface area contributed by atoms with Gasteiger partial charge in [0, 0.05) is 44.0 Å². The Morgan fingerprint density at radius 3 is 1.63 bits per heavy atom. The van der Waals surface area contributed by atoms with Crippen molar-refractivity contribution in [1.82, 2.24) is 14.9 Å². The monoisotopic (exact) mass is 736 g/mol. The lowest BCUT2D eigenvalue weighted by Crippen LogP contribution is -2.33. The summed E-state index contributed by atoms with van der Waals surface area (Å²) in [4.78, 5) is 10.6. The van der Waals surface area contributed by atoms with Crippen LogP contribution >= 0.6 is 0 Å². The molecule has 0 amide bonds. The summed E-state index contributed by atoms with van der Waals surface area (Å²) in [6.07, 6.45) is 27.0. The summed E-state index contributed by atoms with van der Waals surface area (Å²) in [5.41, 5.74) is 23.3. The van der Waals surface area contributed by atoms with Crippen molar-refractivity contribution in [3.05, 3.63) is 60.2 Å². The molecule has 1 saturated heterocycles. The van der Waals surface area contributed by atoms with Gasteiger partial charge >= 0.3 is 0 Å². The van der Waals surface area contributed by atoms with Gasteiger partial charge in [-0.15, -0.1) is 0 Å². The molecule has 1 aliphatic heterocycles. The van der Waals surface area contributed by atoms with Crippen molar-refractivity contribution in [2.24, 2.45) is 28.9 Å². The third-order valence-electron chi connectivity index (χ3n) is 7.58. The second kappa shape index (κ2) is 55.8. The molecule has 2 aromatic rings. The molecule has 310 valence electrons. The molecule has 52 heavy (non-hydrogen) atoms. The maximum Gasteiger partial charge on any atom is 0.0428 e. The van der Waals surface area contributed by atoms with Crippen molar-refractivity contribution in [1.29, 1.82) is 0 Å². The number of rotatable bonds is 17. The first-order valence-corrected chi connectivity index (χ1v) is 20.7. The van der Waals surface area contributed by atoms with Gasteiger partial charge in [-0.1, -0.05) is 119 Å². The number of aromatic nitrogens is 2. The molecule has 0 unspecified atom stereocenters. The Morgan fingerprint density at radius 2 is 1.27 bits per heavy atom. The van der Waals surface area contributed by atoms with Crippen molar-refractivity contribution in [2.45, 2.75) is 165 Å². The summed E-state index contributed by atoms with van der Waals surface area (Å²) in [7, 11) is 0. The zero-order valence-electron chi connectivity index (χ0n) is 35.0. The average molecular weight is 736 g/mol. The Kier molecular flexibility index (Phi) is 63.7. The second-order valence-corrected chi connectivity index (χ2v) is 13.2. The van der Waals surface area contributed by atoms with Gasteiger partial charge in [-0.05, 0) is 120 Å². The highest BCUT2D eigenvalue weighted by Gasteiger charge is 2.07. The van der Waals surface area contributed by atoms with Crippen LogP contribution in [0.3, 0.4) is 0 Å². The number of pyridine rings is 2. The lowest BCUT2D eigenvalue weighted by atomic mass is 10.1. The van der Waals surface area contributed by atoms with Crippen molar-refractivity contribution in [2.75, 3.05) is 52.4 Å². The van der Waals surface area contributed by atoms with Gasteiger partial charge < -0.3 is 32.9 Å². The maximum atomic E-state index is 7.88. The molecule has 3 rings (SSSR count). The second-order valence-electron chi connectivity index (χ2n) is 13.2. The smallest absolute Gasteiger partial charge is 0.0428 e. The molecule has 0 atom stereocenters. The third-order valence-corrected chi connectivity index (χ3v) is 7.58. The molecule has 8 nitrogen and oxygen atoms in total. The van der Waals surface area contributed by atoms with Gasteiger partial charge in [0.15, 0.2) is 0 Å². The van der Waals surface area contributed by atoms with Crippen LogP contribution in [0.1, 0.15) is 163 Å². The van der Waals surface area contributed by atoms with E-state index in [9.17, 15) is 0 Å². The van der Waals surface area contributed by atoms with Crippen LogP contribution in [0.2, 0.25) is 0 Å². The van der Waals surface area contributed by atoms with Crippen LogP contribution < -0.4 is 22.9 Å². The number of hydrogen-bond donors (Lipinski definition) is 5. The number of hydrogen-bond acceptors (Lipinski definition) is 8. The average Bonchev–Trinajstić information content (AvgIpc) is 3.18. The van der Waals surface area contributed by atoms with Gasteiger partial charge in [-0.25, -0.2) is 0 Å². The molecule has 8 heteroatoms. The molecule has 0 radical (unpaired) electrons. The predicted octanol–water partition coefficient (Wildman–Crippen LogP) is 9.57. The fourth-order valence-corrected chi connectivity index (χ4v) is 4.35. The quantitative estimate of drug-likeness (QED) is 0.101. The van der Waals surface area contributed by atoms with E-state index in [2.05, 4.69) is 62.5 Å². The summed E-state index contributed by atoms with van der Waals surface area (Å²) in [6, 6.07) is 10.1. The summed E-state index contributed by atoms with van der Waals surface area (Å²) < 4.78 is 0. The summed E-state index contributed by atoms with van der Waals surface area (Å²) in [6.45, 7) is 22.3. The van der Waals surface area contributed by atoms with E-state index in [-0.39, 0.29) is 7.43 Å². The molecule has 0 aliphatic carbocycles. The molecule has 1 aliphatic rings. The zero-order valence-corrected chi connectivity index (χ0v) is 35.0. The first kappa shape index (κ1) is 59.3. The number of likely N-dealkylation sites (tertiary alicyclic amines) is 1. The molecule has 3 heterocycles. The van der Waals surface area contributed by atoms with Crippen LogP contribution in [-0.4, -0.2) is 72.4 Å². The summed E-state index contributed by atoms with van der Waals surface area (Å²) >= 11 is 0. The minimum absolute atomic E-state index is 0. The van der Waals surface area contributed by atoms with Crippen LogP contribution in [0, 0.1) is 5.92 Å². The Hall–Kier alpha value is -1.94. The Bertz CT molecular complexity index is 792. The predicted molar refractivity (Wildman–Crippen MR) is 235 cm³/mol. The van der Waals surface area contributed by atoms with E-state index in [0.717, 1.165) is 76.4 Å². The number of aliphatic hydroxyl groups is 1. The molecule has 9 N–H and O–H groups in total. The zero-order chi connectivity index (χ0) is 39.1. The van der Waals surface area contributed by atoms with Crippen molar-refractivity contribution in [3.8, 4) is 0 Å². The highest BCUT2D eigenvalue weighted by molar-refractivity contribution is 5.08. The molecule has 0 bridgehead atoms. The molecule has 0 spiro atoms. The van der Waals surface area contributed by atoms with E-state index in [1.165, 1.54) is 95.7 Å². The fraction of sp³-hybridized carbons (Fsp3) is 0.773. The minimum Gasteiger partial charge on any atom is -0.396 e. The molecular weight excluding hydrogens is 643 g/mol. The van der Waals surface area contributed by atoms with Gasteiger partial charge in [0.05, 0.1) is 0 Å². The van der Waals surface area contributed by atoms with Crippen LogP contribution in [-0.2, 0) is 12.8 Å². The number of unbranched alkanes of at least 4 members (excludes halogenated alkanes) is 6. The van der Waals surface area contributed by atoms with E-state index in [4.69, 9.17) is 28.0 Å². The fourth-order valence-electron chi connectivity index (χ4n) is 4.35. The molecular formula is C44H93N7O. The first-order valence-electron chi connectivity index (χ1n) is 20.7. The Labute approximate surface area is 325 Å². The minimum atomic E-state index is 0. The first-order chi connectivity index (χ1) is 24.8. The largest absolute Gasteiger partial charge is 0.396 e. The van der Waals surface area contributed by atoms with Crippen LogP contribution in [0.4, 0.5) is 0 Å². The number of nitrogens with two attached hydrogens (primary N) is 4. The van der Waals surface area contributed by atoms with E-state index < -0.39 is 0 Å². The lowest BCUT2D eigenvalue weighted by molar-refractivity contribution is 0.235. The van der Waals surface area contributed by atoms with Crippen molar-refractivity contribution in [3.63, 3.8) is 0 Å². The van der Waals surface area contributed by atoms with Crippen LogP contribution in [0.15, 0.2) is 48.9 Å². The van der Waals surface area contributed by atoms with E-state index in [0.29, 0.717) is 6.61 Å². The van der Waals surface area contributed by atoms with Gasteiger partial charge in [0.25, 0.3) is 0 Å². The highest BCUT2D eigenvalue weighted by atomic mass is 16.2. The third kappa shape index (κ3) is 57.4. The van der Waals surface area contributed by atoms with Gasteiger partial charge in [0.1, 0.15) is 0 Å². The van der Waals surface area contributed by atoms with Crippen LogP contribution in [0.5, 0.6) is 0 Å².